The van der Waals surface area contributed by atoms with Crippen molar-refractivity contribution in [1.82, 2.24) is 0 Å². The predicted molar refractivity (Wildman–Crippen MR) is 60.3 cm³/mol. The third-order valence-electron chi connectivity index (χ3n) is 2.24. The van der Waals surface area contributed by atoms with E-state index in [1.54, 1.807) is 19.2 Å². The maximum atomic E-state index is 11.8. The highest BCUT2D eigenvalue weighted by Crippen LogP contribution is 2.18. The SMILES string of the molecule is COc1ccc(C(=O)CC(C)N)c(C)c1. The van der Waals surface area contributed by atoms with Gasteiger partial charge in [0, 0.05) is 18.0 Å². The van der Waals surface area contributed by atoms with Crippen LogP contribution in [-0.4, -0.2) is 18.9 Å². The molecule has 0 saturated heterocycles. The van der Waals surface area contributed by atoms with E-state index < -0.39 is 0 Å². The first-order valence-corrected chi connectivity index (χ1v) is 4.98. The van der Waals surface area contributed by atoms with Crippen LogP contribution in [0.15, 0.2) is 18.2 Å². The van der Waals surface area contributed by atoms with Gasteiger partial charge in [0.2, 0.25) is 0 Å². The van der Waals surface area contributed by atoms with Gasteiger partial charge in [0.25, 0.3) is 0 Å². The van der Waals surface area contributed by atoms with Crippen molar-refractivity contribution in [1.29, 1.82) is 0 Å². The van der Waals surface area contributed by atoms with Gasteiger partial charge in [-0.2, -0.15) is 0 Å². The number of carbonyl (C=O) groups excluding carboxylic acids is 1. The van der Waals surface area contributed by atoms with E-state index in [0.29, 0.717) is 6.42 Å². The molecule has 0 bridgehead atoms. The number of hydrogen-bond acceptors (Lipinski definition) is 3. The molecule has 82 valence electrons. The Bertz CT molecular complexity index is 359. The minimum Gasteiger partial charge on any atom is -0.497 e. The van der Waals surface area contributed by atoms with Gasteiger partial charge in [-0.05, 0) is 37.6 Å². The van der Waals surface area contributed by atoms with E-state index in [-0.39, 0.29) is 11.8 Å². The van der Waals surface area contributed by atoms with Crippen LogP contribution in [0.1, 0.15) is 29.3 Å². The molecule has 3 heteroatoms. The van der Waals surface area contributed by atoms with Gasteiger partial charge >= 0.3 is 0 Å². The molecule has 15 heavy (non-hydrogen) atoms. The normalized spacial score (nSPS) is 12.3. The lowest BCUT2D eigenvalue weighted by molar-refractivity contribution is 0.0976. The molecule has 2 N–H and O–H groups in total. The Hall–Kier alpha value is -1.35. The van der Waals surface area contributed by atoms with Crippen molar-refractivity contribution < 1.29 is 9.53 Å². The van der Waals surface area contributed by atoms with Crippen LogP contribution in [0.25, 0.3) is 0 Å². The Morgan fingerprint density at radius 1 is 1.53 bits per heavy atom. The summed E-state index contributed by atoms with van der Waals surface area (Å²) in [7, 11) is 1.61. The Kier molecular flexibility index (Phi) is 3.86. The summed E-state index contributed by atoms with van der Waals surface area (Å²) in [6.07, 6.45) is 0.382. The van der Waals surface area contributed by atoms with Crippen molar-refractivity contribution in [3.8, 4) is 5.75 Å². The lowest BCUT2D eigenvalue weighted by atomic mass is 10.0. The fourth-order valence-corrected chi connectivity index (χ4v) is 1.48. The van der Waals surface area contributed by atoms with Crippen LogP contribution in [0.3, 0.4) is 0 Å². The molecule has 0 radical (unpaired) electrons. The van der Waals surface area contributed by atoms with E-state index in [1.807, 2.05) is 19.9 Å². The Morgan fingerprint density at radius 3 is 2.67 bits per heavy atom. The molecular weight excluding hydrogens is 190 g/mol. The van der Waals surface area contributed by atoms with Gasteiger partial charge in [0.05, 0.1) is 7.11 Å². The number of Topliss-reactive ketones (excluding diaryl/α,β-unsaturated/α-hetero) is 1. The van der Waals surface area contributed by atoms with Crippen LogP contribution in [0.5, 0.6) is 5.75 Å². The molecule has 0 aliphatic heterocycles. The molecule has 0 amide bonds. The molecule has 0 fully saturated rings. The van der Waals surface area contributed by atoms with Gasteiger partial charge in [-0.15, -0.1) is 0 Å². The van der Waals surface area contributed by atoms with Gasteiger partial charge < -0.3 is 10.5 Å². The molecular formula is C12H17NO2. The Balaban J connectivity index is 2.90. The predicted octanol–water partition coefficient (Wildman–Crippen LogP) is 1.92. The minimum atomic E-state index is -0.0981. The van der Waals surface area contributed by atoms with Crippen molar-refractivity contribution in [2.24, 2.45) is 5.73 Å². The van der Waals surface area contributed by atoms with Gasteiger partial charge in [-0.25, -0.2) is 0 Å². The minimum absolute atomic E-state index is 0.0881. The van der Waals surface area contributed by atoms with Crippen molar-refractivity contribution >= 4 is 5.78 Å². The third kappa shape index (κ3) is 3.06. The number of carbonyl (C=O) groups is 1. The second-order valence-corrected chi connectivity index (χ2v) is 3.79. The number of hydrogen-bond donors (Lipinski definition) is 1. The molecule has 0 aliphatic rings. The first-order valence-electron chi connectivity index (χ1n) is 4.98. The summed E-state index contributed by atoms with van der Waals surface area (Å²) < 4.78 is 5.07. The summed E-state index contributed by atoms with van der Waals surface area (Å²) in [4.78, 5) is 11.8. The average molecular weight is 207 g/mol. The van der Waals surface area contributed by atoms with Crippen molar-refractivity contribution in [2.45, 2.75) is 26.3 Å². The summed E-state index contributed by atoms with van der Waals surface area (Å²) in [5.74, 6) is 0.856. The highest BCUT2D eigenvalue weighted by atomic mass is 16.5. The molecule has 1 atom stereocenters. The average Bonchev–Trinajstić information content (AvgIpc) is 2.16. The van der Waals surface area contributed by atoms with Crippen LogP contribution in [0.4, 0.5) is 0 Å². The summed E-state index contributed by atoms with van der Waals surface area (Å²) in [6, 6.07) is 5.34. The number of ketones is 1. The van der Waals surface area contributed by atoms with Crippen molar-refractivity contribution in [3.05, 3.63) is 29.3 Å². The van der Waals surface area contributed by atoms with E-state index in [0.717, 1.165) is 16.9 Å². The Labute approximate surface area is 90.2 Å². The monoisotopic (exact) mass is 207 g/mol. The summed E-state index contributed by atoms with van der Waals surface area (Å²) in [5, 5.41) is 0. The number of methoxy groups -OCH3 is 1. The highest BCUT2D eigenvalue weighted by molar-refractivity contribution is 5.97. The molecule has 0 aliphatic carbocycles. The number of nitrogens with two attached hydrogens (primary N) is 1. The molecule has 0 saturated carbocycles. The first-order chi connectivity index (χ1) is 7.04. The molecule has 1 aromatic carbocycles. The molecule has 0 spiro atoms. The third-order valence-corrected chi connectivity index (χ3v) is 2.24. The second-order valence-electron chi connectivity index (χ2n) is 3.79. The molecule has 3 nitrogen and oxygen atoms in total. The molecule has 1 unspecified atom stereocenters. The smallest absolute Gasteiger partial charge is 0.164 e. The van der Waals surface area contributed by atoms with Crippen LogP contribution in [0.2, 0.25) is 0 Å². The lowest BCUT2D eigenvalue weighted by Crippen LogP contribution is -2.20. The first kappa shape index (κ1) is 11.7. The lowest BCUT2D eigenvalue weighted by Gasteiger charge is -2.08. The summed E-state index contributed by atoms with van der Waals surface area (Å²) in [6.45, 7) is 3.73. The maximum absolute atomic E-state index is 11.8. The molecule has 1 rings (SSSR count). The van der Waals surface area contributed by atoms with Gasteiger partial charge in [0.1, 0.15) is 5.75 Å². The van der Waals surface area contributed by atoms with Gasteiger partial charge in [-0.1, -0.05) is 0 Å². The van der Waals surface area contributed by atoms with Crippen molar-refractivity contribution in [2.75, 3.05) is 7.11 Å². The summed E-state index contributed by atoms with van der Waals surface area (Å²) >= 11 is 0. The number of aryl methyl sites for hydroxylation is 1. The fraction of sp³-hybridized carbons (Fsp3) is 0.417. The maximum Gasteiger partial charge on any atom is 0.164 e. The van der Waals surface area contributed by atoms with E-state index in [9.17, 15) is 4.79 Å². The summed E-state index contributed by atoms with van der Waals surface area (Å²) in [5.41, 5.74) is 7.25. The Morgan fingerprint density at radius 2 is 2.20 bits per heavy atom. The quantitative estimate of drug-likeness (QED) is 0.767. The zero-order valence-electron chi connectivity index (χ0n) is 9.41. The van der Waals surface area contributed by atoms with Gasteiger partial charge in [-0.3, -0.25) is 4.79 Å². The zero-order chi connectivity index (χ0) is 11.4. The van der Waals surface area contributed by atoms with Crippen molar-refractivity contribution in [3.63, 3.8) is 0 Å². The molecule has 1 aromatic rings. The van der Waals surface area contributed by atoms with E-state index in [2.05, 4.69) is 0 Å². The molecule has 0 aromatic heterocycles. The standard InChI is InChI=1S/C12H17NO2/c1-8-6-10(15-3)4-5-11(8)12(14)7-9(2)13/h4-6,9H,7,13H2,1-3H3. The second kappa shape index (κ2) is 4.94. The van der Waals surface area contributed by atoms with E-state index in [4.69, 9.17) is 10.5 Å². The fourth-order valence-electron chi connectivity index (χ4n) is 1.48. The topological polar surface area (TPSA) is 52.3 Å². The number of benzene rings is 1. The van der Waals surface area contributed by atoms with Crippen LogP contribution < -0.4 is 10.5 Å². The number of ether oxygens (including phenoxy) is 1. The van der Waals surface area contributed by atoms with E-state index in [1.165, 1.54) is 0 Å². The van der Waals surface area contributed by atoms with Crippen LogP contribution in [0, 0.1) is 6.92 Å². The largest absolute Gasteiger partial charge is 0.497 e. The van der Waals surface area contributed by atoms with Gasteiger partial charge in [0.15, 0.2) is 5.78 Å². The van der Waals surface area contributed by atoms with E-state index >= 15 is 0 Å². The zero-order valence-corrected chi connectivity index (χ0v) is 9.41. The number of rotatable bonds is 4. The van der Waals surface area contributed by atoms with Crippen LogP contribution >= 0.6 is 0 Å². The highest BCUT2D eigenvalue weighted by Gasteiger charge is 2.11. The molecule has 0 heterocycles. The van der Waals surface area contributed by atoms with Crippen LogP contribution in [-0.2, 0) is 0 Å².